The van der Waals surface area contributed by atoms with E-state index in [9.17, 15) is 24.3 Å². The third-order valence-corrected chi connectivity index (χ3v) is 5.48. The molecule has 4 atom stereocenters. The standard InChI is InChI=1S/C26H35N3O7/c1-15(2)24-17(4)8-9-22(32)27-10-6-7-16(3)11-19(30)12-20(31)13-23-29-21(14-35-23)25(33)28-18(5)26(34)36-24/h6-9,11,14-15,17-19,24,30H,10,12-13H2,1-5H3,(H,27,32)(H,28,33). The monoisotopic (exact) mass is 501 g/mol. The Morgan fingerprint density at radius 2 is 1.86 bits per heavy atom. The Morgan fingerprint density at radius 1 is 1.14 bits per heavy atom. The van der Waals surface area contributed by atoms with Crippen LogP contribution in [0.25, 0.3) is 0 Å². The van der Waals surface area contributed by atoms with E-state index >= 15 is 0 Å². The van der Waals surface area contributed by atoms with E-state index in [0.29, 0.717) is 0 Å². The molecule has 0 radical (unpaired) electrons. The van der Waals surface area contributed by atoms with Crippen LogP contribution in [0.5, 0.6) is 0 Å². The van der Waals surface area contributed by atoms with Crippen molar-refractivity contribution >= 4 is 23.6 Å². The summed E-state index contributed by atoms with van der Waals surface area (Å²) in [6.07, 6.45) is 7.27. The van der Waals surface area contributed by atoms with Crippen LogP contribution in [-0.4, -0.2) is 58.5 Å². The maximum atomic E-state index is 12.7. The van der Waals surface area contributed by atoms with Crippen LogP contribution in [0.1, 0.15) is 57.4 Å². The molecule has 0 saturated carbocycles. The zero-order chi connectivity index (χ0) is 26.8. The quantitative estimate of drug-likeness (QED) is 0.495. The van der Waals surface area contributed by atoms with Gasteiger partial charge in [0.2, 0.25) is 11.8 Å². The van der Waals surface area contributed by atoms with Crippen molar-refractivity contribution in [2.45, 2.75) is 65.7 Å². The Hall–Kier alpha value is -3.53. The number of aliphatic hydroxyl groups excluding tert-OH is 1. The predicted molar refractivity (Wildman–Crippen MR) is 132 cm³/mol. The third-order valence-electron chi connectivity index (χ3n) is 5.48. The number of hydrogen-bond acceptors (Lipinski definition) is 8. The van der Waals surface area contributed by atoms with Gasteiger partial charge in [-0.15, -0.1) is 0 Å². The summed E-state index contributed by atoms with van der Waals surface area (Å²) in [5.74, 6) is -2.20. The number of aromatic nitrogens is 1. The number of ether oxygens (including phenoxy) is 1. The van der Waals surface area contributed by atoms with Crippen molar-refractivity contribution in [3.05, 3.63) is 53.8 Å². The first kappa shape index (κ1) is 28.7. The number of nitrogens with one attached hydrogen (secondary N) is 2. The van der Waals surface area contributed by atoms with Crippen molar-refractivity contribution in [2.24, 2.45) is 11.8 Å². The molecule has 1 aliphatic rings. The summed E-state index contributed by atoms with van der Waals surface area (Å²) in [7, 11) is 0. The zero-order valence-corrected chi connectivity index (χ0v) is 21.3. The summed E-state index contributed by atoms with van der Waals surface area (Å²) in [6.45, 7) is 9.15. The summed E-state index contributed by atoms with van der Waals surface area (Å²) in [6, 6.07) is -0.974. The van der Waals surface area contributed by atoms with Crippen LogP contribution in [-0.2, 0) is 25.5 Å². The van der Waals surface area contributed by atoms with Crippen molar-refractivity contribution in [3.63, 3.8) is 0 Å². The molecule has 2 heterocycles. The molecule has 4 unspecified atom stereocenters. The van der Waals surface area contributed by atoms with Gasteiger partial charge in [-0.25, -0.2) is 9.78 Å². The normalized spacial score (nSPS) is 25.7. The molecule has 2 bridgehead atoms. The van der Waals surface area contributed by atoms with Crippen LogP contribution in [0.15, 0.2) is 46.6 Å². The number of carbonyl (C=O) groups is 4. The van der Waals surface area contributed by atoms with E-state index in [1.165, 1.54) is 19.1 Å². The molecule has 36 heavy (non-hydrogen) atoms. The smallest absolute Gasteiger partial charge is 0.328 e. The number of nitrogens with zero attached hydrogens (tertiary/aromatic N) is 1. The number of oxazole rings is 1. The fourth-order valence-corrected chi connectivity index (χ4v) is 3.62. The molecule has 10 heteroatoms. The lowest BCUT2D eigenvalue weighted by molar-refractivity contribution is -0.155. The predicted octanol–water partition coefficient (Wildman–Crippen LogP) is 2.05. The number of carbonyl (C=O) groups excluding carboxylic acids is 4. The molecule has 0 saturated heterocycles. The number of amides is 2. The van der Waals surface area contributed by atoms with Crippen molar-refractivity contribution in [1.82, 2.24) is 15.6 Å². The van der Waals surface area contributed by atoms with Gasteiger partial charge in [-0.05, 0) is 25.8 Å². The Labute approximate surface area is 210 Å². The molecule has 2 rings (SSSR count). The van der Waals surface area contributed by atoms with Gasteiger partial charge in [0.1, 0.15) is 24.2 Å². The van der Waals surface area contributed by atoms with Gasteiger partial charge in [0.25, 0.3) is 5.91 Å². The van der Waals surface area contributed by atoms with Crippen molar-refractivity contribution in [3.8, 4) is 0 Å². The molecule has 0 aromatic carbocycles. The highest BCUT2D eigenvalue weighted by molar-refractivity contribution is 5.95. The first-order valence-electron chi connectivity index (χ1n) is 11.9. The number of cyclic esters (lactones) is 1. The van der Waals surface area contributed by atoms with E-state index in [1.807, 2.05) is 20.8 Å². The Kier molecular flexibility index (Phi) is 10.8. The second kappa shape index (κ2) is 13.5. The summed E-state index contributed by atoms with van der Waals surface area (Å²) in [4.78, 5) is 53.7. The fraction of sp³-hybridized carbons (Fsp3) is 0.500. The van der Waals surface area contributed by atoms with Gasteiger partial charge in [-0.3, -0.25) is 14.4 Å². The maximum absolute atomic E-state index is 12.7. The molecule has 10 nitrogen and oxygen atoms in total. The van der Waals surface area contributed by atoms with Gasteiger partial charge in [-0.1, -0.05) is 50.6 Å². The number of Topliss-reactive ketones (excluding diaryl/α,β-unsaturated/α-hetero) is 1. The highest BCUT2D eigenvalue weighted by atomic mass is 16.5. The van der Waals surface area contributed by atoms with Gasteiger partial charge < -0.3 is 24.9 Å². The number of rotatable bonds is 1. The molecule has 3 N–H and O–H groups in total. The number of esters is 1. The first-order chi connectivity index (χ1) is 17.0. The average Bonchev–Trinajstić information content (AvgIpc) is 3.25. The van der Waals surface area contributed by atoms with Crippen LogP contribution in [0, 0.1) is 11.8 Å². The van der Waals surface area contributed by atoms with Gasteiger partial charge in [0.15, 0.2) is 5.69 Å². The maximum Gasteiger partial charge on any atom is 0.328 e. The van der Waals surface area contributed by atoms with E-state index in [-0.39, 0.29) is 54.5 Å². The topological polar surface area (TPSA) is 148 Å². The molecule has 0 fully saturated rings. The van der Waals surface area contributed by atoms with Crippen molar-refractivity contribution in [1.29, 1.82) is 0 Å². The van der Waals surface area contributed by atoms with Crippen molar-refractivity contribution in [2.75, 3.05) is 6.54 Å². The Balaban J connectivity index is 2.25. The van der Waals surface area contributed by atoms with Gasteiger partial charge in [0, 0.05) is 18.9 Å². The molecule has 2 amide bonds. The van der Waals surface area contributed by atoms with Crippen LogP contribution < -0.4 is 10.6 Å². The largest absolute Gasteiger partial charge is 0.460 e. The van der Waals surface area contributed by atoms with Gasteiger partial charge in [-0.2, -0.15) is 0 Å². The lowest BCUT2D eigenvalue weighted by Gasteiger charge is -2.27. The van der Waals surface area contributed by atoms with Gasteiger partial charge >= 0.3 is 5.97 Å². The second-order valence-electron chi connectivity index (χ2n) is 9.23. The van der Waals surface area contributed by atoms with Crippen LogP contribution in [0.2, 0.25) is 0 Å². The number of fused-ring (bicyclic) bond motifs is 2. The Morgan fingerprint density at radius 3 is 2.56 bits per heavy atom. The molecule has 1 aliphatic heterocycles. The zero-order valence-electron chi connectivity index (χ0n) is 21.3. The summed E-state index contributed by atoms with van der Waals surface area (Å²) >= 11 is 0. The molecule has 0 spiro atoms. The SMILES string of the molecule is CC1=CC(O)CC(=O)Cc2nc(co2)C(=O)NC(C)C(=O)OC(C(C)C)C(C)C=CC(=O)NCC=C1. The molecular weight excluding hydrogens is 466 g/mol. The van der Waals surface area contributed by atoms with Crippen LogP contribution in [0.3, 0.4) is 0 Å². The summed E-state index contributed by atoms with van der Waals surface area (Å²) < 4.78 is 10.9. The molecule has 196 valence electrons. The minimum atomic E-state index is -1.01. The summed E-state index contributed by atoms with van der Waals surface area (Å²) in [5.41, 5.74) is 0.637. The highest BCUT2D eigenvalue weighted by Crippen LogP contribution is 2.19. The molecule has 1 aromatic rings. The fourth-order valence-electron chi connectivity index (χ4n) is 3.62. The van der Waals surface area contributed by atoms with Crippen molar-refractivity contribution < 1.29 is 33.4 Å². The Bertz CT molecular complexity index is 1040. The second-order valence-corrected chi connectivity index (χ2v) is 9.23. The number of allylic oxidation sites excluding steroid dienone is 2. The minimum Gasteiger partial charge on any atom is -0.460 e. The van der Waals surface area contributed by atoms with E-state index in [4.69, 9.17) is 9.15 Å². The highest BCUT2D eigenvalue weighted by Gasteiger charge is 2.28. The third kappa shape index (κ3) is 9.26. The van der Waals surface area contributed by atoms with E-state index < -0.39 is 30.1 Å². The van der Waals surface area contributed by atoms with Crippen LogP contribution >= 0.6 is 0 Å². The number of aliphatic hydroxyl groups is 1. The first-order valence-corrected chi connectivity index (χ1v) is 11.9. The molecule has 1 aromatic heterocycles. The van der Waals surface area contributed by atoms with E-state index in [2.05, 4.69) is 15.6 Å². The lowest BCUT2D eigenvalue weighted by Crippen LogP contribution is -2.42. The summed E-state index contributed by atoms with van der Waals surface area (Å²) in [5, 5.41) is 15.4. The van der Waals surface area contributed by atoms with E-state index in [0.717, 1.165) is 11.8 Å². The average molecular weight is 502 g/mol. The minimum absolute atomic E-state index is 0.0304. The van der Waals surface area contributed by atoms with E-state index in [1.54, 1.807) is 25.2 Å². The number of hydrogen-bond donors (Lipinski definition) is 3. The number of ketones is 1. The van der Waals surface area contributed by atoms with Gasteiger partial charge in [0.05, 0.1) is 12.5 Å². The lowest BCUT2D eigenvalue weighted by atomic mass is 9.94. The molecular formula is C26H35N3O7. The molecule has 0 aliphatic carbocycles. The van der Waals surface area contributed by atoms with Crippen LogP contribution in [0.4, 0.5) is 0 Å².